The number of anilines is 1. The lowest BCUT2D eigenvalue weighted by molar-refractivity contribution is -0.116. The number of ketones is 1. The van der Waals surface area contributed by atoms with E-state index >= 15 is 0 Å². The number of benzene rings is 1. The lowest BCUT2D eigenvalue weighted by atomic mass is 9.95. The van der Waals surface area contributed by atoms with Crippen LogP contribution in [0, 0.1) is 6.92 Å². The zero-order chi connectivity index (χ0) is 20.1. The van der Waals surface area contributed by atoms with Crippen LogP contribution in [0.4, 0.5) is 5.00 Å². The molecule has 1 aliphatic rings. The number of nitrogens with one attached hydrogen (secondary N) is 1. The Balaban J connectivity index is 1.68. The predicted molar refractivity (Wildman–Crippen MR) is 110 cm³/mol. The summed E-state index contributed by atoms with van der Waals surface area (Å²) in [5.74, 6) is -0.705. The first kappa shape index (κ1) is 20.3. The Morgan fingerprint density at radius 3 is 2.50 bits per heavy atom. The molecule has 1 amide bonds. The monoisotopic (exact) mass is 399 g/mol. The number of amides is 1. The van der Waals surface area contributed by atoms with Gasteiger partial charge in [-0.05, 0) is 45.1 Å². The van der Waals surface area contributed by atoms with Crippen LogP contribution in [0.15, 0.2) is 24.3 Å². The molecule has 1 heterocycles. The summed E-state index contributed by atoms with van der Waals surface area (Å²) in [4.78, 5) is 38.3. The summed E-state index contributed by atoms with van der Waals surface area (Å²) >= 11 is 1.46. The molecule has 1 aromatic heterocycles. The third-order valence-electron chi connectivity index (χ3n) is 4.86. The number of hydrogen-bond donors (Lipinski definition) is 1. The van der Waals surface area contributed by atoms with Crippen LogP contribution in [-0.4, -0.2) is 24.3 Å². The largest absolute Gasteiger partial charge is 0.462 e. The minimum atomic E-state index is -0.382. The Labute approximate surface area is 169 Å². The fraction of sp³-hybridized carbons (Fsp3) is 0.409. The van der Waals surface area contributed by atoms with Gasteiger partial charge in [-0.15, -0.1) is 11.3 Å². The van der Waals surface area contributed by atoms with Crippen molar-refractivity contribution in [2.24, 2.45) is 0 Å². The Morgan fingerprint density at radius 2 is 1.79 bits per heavy atom. The van der Waals surface area contributed by atoms with Crippen LogP contribution >= 0.6 is 11.3 Å². The maximum absolute atomic E-state index is 12.4. The van der Waals surface area contributed by atoms with Crippen molar-refractivity contribution in [2.75, 3.05) is 11.9 Å². The highest BCUT2D eigenvalue weighted by Gasteiger charge is 2.27. The van der Waals surface area contributed by atoms with Gasteiger partial charge < -0.3 is 10.1 Å². The molecule has 0 unspecified atom stereocenters. The molecule has 148 valence electrons. The summed E-state index contributed by atoms with van der Waals surface area (Å²) < 4.78 is 5.20. The minimum absolute atomic E-state index is 0.0637. The molecule has 0 atom stereocenters. The fourth-order valence-corrected chi connectivity index (χ4v) is 4.67. The zero-order valence-electron chi connectivity index (χ0n) is 16.3. The lowest BCUT2D eigenvalue weighted by Crippen LogP contribution is -2.16. The fourth-order valence-electron chi connectivity index (χ4n) is 3.37. The van der Waals surface area contributed by atoms with E-state index < -0.39 is 0 Å². The van der Waals surface area contributed by atoms with Gasteiger partial charge in [0.25, 0.3) is 0 Å². The first-order valence-corrected chi connectivity index (χ1v) is 10.5. The molecule has 0 aliphatic heterocycles. The number of hydrogen-bond acceptors (Lipinski definition) is 5. The summed E-state index contributed by atoms with van der Waals surface area (Å²) in [6, 6.07) is 7.33. The van der Waals surface area contributed by atoms with E-state index in [1.54, 1.807) is 19.1 Å². The summed E-state index contributed by atoms with van der Waals surface area (Å²) in [5, 5.41) is 3.40. The summed E-state index contributed by atoms with van der Waals surface area (Å²) in [6.07, 6.45) is 4.10. The average molecular weight is 400 g/mol. The summed E-state index contributed by atoms with van der Waals surface area (Å²) in [6.45, 7) is 4.02. The molecule has 0 spiro atoms. The van der Waals surface area contributed by atoms with Crippen LogP contribution in [0.5, 0.6) is 0 Å². The van der Waals surface area contributed by atoms with Gasteiger partial charge in [0, 0.05) is 23.3 Å². The van der Waals surface area contributed by atoms with Gasteiger partial charge >= 0.3 is 5.97 Å². The van der Waals surface area contributed by atoms with Gasteiger partial charge in [-0.25, -0.2) is 4.79 Å². The highest BCUT2D eigenvalue weighted by molar-refractivity contribution is 7.17. The minimum Gasteiger partial charge on any atom is -0.462 e. The van der Waals surface area contributed by atoms with Crippen LogP contribution in [0.25, 0.3) is 0 Å². The van der Waals surface area contributed by atoms with Crippen molar-refractivity contribution < 1.29 is 19.1 Å². The van der Waals surface area contributed by atoms with Crippen molar-refractivity contribution >= 4 is 34.0 Å². The van der Waals surface area contributed by atoms with Crippen molar-refractivity contribution in [3.63, 3.8) is 0 Å². The summed E-state index contributed by atoms with van der Waals surface area (Å²) in [7, 11) is 0. The number of esters is 1. The van der Waals surface area contributed by atoms with E-state index in [9.17, 15) is 14.4 Å². The molecule has 5 nitrogen and oxygen atoms in total. The van der Waals surface area contributed by atoms with Gasteiger partial charge in [0.1, 0.15) is 5.00 Å². The van der Waals surface area contributed by atoms with Crippen LogP contribution in [0.3, 0.4) is 0 Å². The van der Waals surface area contributed by atoms with Gasteiger partial charge in [0.2, 0.25) is 5.91 Å². The summed E-state index contributed by atoms with van der Waals surface area (Å²) in [5.41, 5.74) is 3.21. The molecule has 0 fully saturated rings. The van der Waals surface area contributed by atoms with E-state index in [0.29, 0.717) is 22.7 Å². The van der Waals surface area contributed by atoms with E-state index in [-0.39, 0.29) is 30.5 Å². The number of fused-ring (bicyclic) bond motifs is 1. The van der Waals surface area contributed by atoms with Crippen molar-refractivity contribution in [1.82, 2.24) is 0 Å². The smallest absolute Gasteiger partial charge is 0.341 e. The molecule has 1 aliphatic carbocycles. The number of carbonyl (C=O) groups is 3. The molecule has 1 aromatic carbocycles. The molecule has 0 saturated carbocycles. The van der Waals surface area contributed by atoms with E-state index in [1.165, 1.54) is 11.3 Å². The van der Waals surface area contributed by atoms with E-state index in [1.807, 2.05) is 19.1 Å². The SMILES string of the molecule is CCOC(=O)c1c(NC(=O)CCC(=O)c2ccc(C)cc2)sc2c1CCCC2. The van der Waals surface area contributed by atoms with E-state index in [4.69, 9.17) is 4.74 Å². The lowest BCUT2D eigenvalue weighted by Gasteiger charge is -2.12. The van der Waals surface area contributed by atoms with Crippen LogP contribution in [0.2, 0.25) is 0 Å². The van der Waals surface area contributed by atoms with Crippen LogP contribution in [0.1, 0.15) is 69.3 Å². The molecule has 0 bridgehead atoms. The molecule has 0 radical (unpaired) electrons. The number of ether oxygens (including phenoxy) is 1. The molecule has 0 saturated heterocycles. The Bertz CT molecular complexity index is 883. The first-order chi connectivity index (χ1) is 13.5. The standard InChI is InChI=1S/C22H25NO4S/c1-3-27-22(26)20-16-6-4-5-7-18(16)28-21(20)23-19(25)13-12-17(24)15-10-8-14(2)9-11-15/h8-11H,3-7,12-13H2,1-2H3,(H,23,25). The molecule has 2 aromatic rings. The zero-order valence-corrected chi connectivity index (χ0v) is 17.1. The second-order valence-corrected chi connectivity index (χ2v) is 8.08. The number of thiophene rings is 1. The second-order valence-electron chi connectivity index (χ2n) is 6.97. The highest BCUT2D eigenvalue weighted by atomic mass is 32.1. The van der Waals surface area contributed by atoms with Crippen molar-refractivity contribution in [3.8, 4) is 0 Å². The molecule has 28 heavy (non-hydrogen) atoms. The van der Waals surface area contributed by atoms with Gasteiger partial charge in [-0.1, -0.05) is 29.8 Å². The van der Waals surface area contributed by atoms with Crippen LogP contribution in [-0.2, 0) is 22.4 Å². The second kappa shape index (κ2) is 9.15. The first-order valence-electron chi connectivity index (χ1n) is 9.71. The third kappa shape index (κ3) is 4.68. The molecule has 6 heteroatoms. The van der Waals surface area contributed by atoms with Gasteiger partial charge in [-0.2, -0.15) is 0 Å². The number of carbonyl (C=O) groups excluding carboxylic acids is 3. The van der Waals surface area contributed by atoms with E-state index in [2.05, 4.69) is 5.32 Å². The topological polar surface area (TPSA) is 72.5 Å². The predicted octanol–water partition coefficient (Wildman–Crippen LogP) is 4.71. The van der Waals surface area contributed by atoms with Gasteiger partial charge in [0.05, 0.1) is 12.2 Å². The van der Waals surface area contributed by atoms with Gasteiger partial charge in [-0.3, -0.25) is 9.59 Å². The number of Topliss-reactive ketones (excluding diaryl/α,β-unsaturated/α-hetero) is 1. The van der Waals surface area contributed by atoms with E-state index in [0.717, 1.165) is 41.7 Å². The molecular formula is C22H25NO4S. The Hall–Kier alpha value is -2.47. The third-order valence-corrected chi connectivity index (χ3v) is 6.06. The maximum Gasteiger partial charge on any atom is 0.341 e. The molecular weight excluding hydrogens is 374 g/mol. The van der Waals surface area contributed by atoms with Crippen molar-refractivity contribution in [1.29, 1.82) is 0 Å². The van der Waals surface area contributed by atoms with Gasteiger partial charge in [0.15, 0.2) is 5.78 Å². The van der Waals surface area contributed by atoms with Crippen molar-refractivity contribution in [3.05, 3.63) is 51.4 Å². The average Bonchev–Trinajstić information content (AvgIpc) is 3.04. The normalized spacial score (nSPS) is 12.9. The molecule has 3 rings (SSSR count). The maximum atomic E-state index is 12.4. The Kier molecular flexibility index (Phi) is 6.62. The Morgan fingerprint density at radius 1 is 1.07 bits per heavy atom. The van der Waals surface area contributed by atoms with Crippen LogP contribution < -0.4 is 5.32 Å². The quantitative estimate of drug-likeness (QED) is 0.540. The highest BCUT2D eigenvalue weighted by Crippen LogP contribution is 2.38. The molecule has 1 N–H and O–H groups in total. The number of aryl methyl sites for hydroxylation is 2. The van der Waals surface area contributed by atoms with Crippen molar-refractivity contribution in [2.45, 2.75) is 52.4 Å². The number of rotatable bonds is 7.